The first-order chi connectivity index (χ1) is 14.8. The molecule has 1 heterocycles. The van der Waals surface area contributed by atoms with Crippen LogP contribution in [-0.2, 0) is 29.5 Å². The van der Waals surface area contributed by atoms with Crippen LogP contribution in [0, 0.1) is 6.92 Å². The van der Waals surface area contributed by atoms with E-state index in [4.69, 9.17) is 0 Å². The number of nitrogens with one attached hydrogen (secondary N) is 2. The molecule has 1 saturated heterocycles. The maximum atomic E-state index is 11.8. The summed E-state index contributed by atoms with van der Waals surface area (Å²) in [6, 6.07) is 14.2. The fourth-order valence-electron chi connectivity index (χ4n) is 3.89. The van der Waals surface area contributed by atoms with E-state index in [0.29, 0.717) is 18.0 Å². The molecule has 1 fully saturated rings. The molecular weight excluding hydrogens is 535 g/mol. The summed E-state index contributed by atoms with van der Waals surface area (Å²) in [5, 5.41) is 6.65. The average molecular weight is 571 g/mol. The van der Waals surface area contributed by atoms with Crippen LogP contribution in [0.4, 0.5) is 0 Å². The highest BCUT2D eigenvalue weighted by atomic mass is 127. The molecule has 176 valence electrons. The maximum Gasteiger partial charge on any atom is 0.191 e. The Hall–Kier alpha value is -1.65. The Bertz CT molecular complexity index is 1000. The highest BCUT2D eigenvalue weighted by Gasteiger charge is 2.12. The average Bonchev–Trinajstić information content (AvgIpc) is 3.23. The molecule has 8 heteroatoms. The number of nitrogens with zero attached hydrogens (tertiary/aromatic N) is 2. The zero-order chi connectivity index (χ0) is 22.3. The van der Waals surface area contributed by atoms with Gasteiger partial charge in [0.1, 0.15) is 0 Å². The summed E-state index contributed by atoms with van der Waals surface area (Å²) >= 11 is 0. The molecule has 0 unspecified atom stereocenters. The molecule has 0 spiro atoms. The quantitative estimate of drug-likeness (QED) is 0.287. The van der Waals surface area contributed by atoms with E-state index in [-0.39, 0.29) is 24.0 Å². The Morgan fingerprint density at radius 2 is 1.62 bits per heavy atom. The molecular formula is C24H35IN4O2S. The zero-order valence-electron chi connectivity index (χ0n) is 19.2. The molecule has 2 aromatic carbocycles. The number of benzene rings is 2. The van der Waals surface area contributed by atoms with Gasteiger partial charge in [-0.15, -0.1) is 24.0 Å². The number of hydrogen-bond donors (Lipinski definition) is 2. The molecule has 0 amide bonds. The lowest BCUT2D eigenvalue weighted by atomic mass is 10.1. The Kier molecular flexibility index (Phi) is 10.4. The van der Waals surface area contributed by atoms with Crippen LogP contribution in [0.3, 0.4) is 0 Å². The number of rotatable bonds is 8. The third-order valence-corrected chi connectivity index (χ3v) is 6.75. The number of hydrogen-bond acceptors (Lipinski definition) is 4. The number of aliphatic imine (C=N–C) groups is 1. The van der Waals surface area contributed by atoms with Crippen molar-refractivity contribution in [2.45, 2.75) is 51.2 Å². The molecule has 6 nitrogen and oxygen atoms in total. The van der Waals surface area contributed by atoms with Crippen LogP contribution in [0.1, 0.15) is 42.0 Å². The van der Waals surface area contributed by atoms with Crippen LogP contribution in [-0.4, -0.2) is 45.2 Å². The van der Waals surface area contributed by atoms with Crippen molar-refractivity contribution in [2.24, 2.45) is 4.99 Å². The van der Waals surface area contributed by atoms with Crippen LogP contribution in [0.5, 0.6) is 0 Å². The minimum atomic E-state index is -3.20. The third kappa shape index (κ3) is 8.04. The largest absolute Gasteiger partial charge is 0.357 e. The maximum absolute atomic E-state index is 11.8. The number of likely N-dealkylation sites (tertiary alicyclic amines) is 1. The van der Waals surface area contributed by atoms with Crippen molar-refractivity contribution < 1.29 is 8.42 Å². The predicted molar refractivity (Wildman–Crippen MR) is 142 cm³/mol. The van der Waals surface area contributed by atoms with E-state index in [1.165, 1.54) is 43.3 Å². The van der Waals surface area contributed by atoms with Gasteiger partial charge in [-0.1, -0.05) is 36.4 Å². The van der Waals surface area contributed by atoms with E-state index < -0.39 is 9.84 Å². The molecule has 2 N–H and O–H groups in total. The smallest absolute Gasteiger partial charge is 0.191 e. The first kappa shape index (κ1) is 26.6. The van der Waals surface area contributed by atoms with Gasteiger partial charge in [-0.05, 0) is 68.1 Å². The molecule has 1 aliphatic heterocycles. The van der Waals surface area contributed by atoms with E-state index in [9.17, 15) is 8.42 Å². The van der Waals surface area contributed by atoms with Gasteiger partial charge < -0.3 is 10.6 Å². The van der Waals surface area contributed by atoms with Gasteiger partial charge in [0.15, 0.2) is 15.8 Å². The van der Waals surface area contributed by atoms with Crippen molar-refractivity contribution >= 4 is 39.8 Å². The lowest BCUT2D eigenvalue weighted by Crippen LogP contribution is -2.36. The number of guanidine groups is 1. The Labute approximate surface area is 209 Å². The number of aryl methyl sites for hydroxylation is 1. The Morgan fingerprint density at radius 3 is 2.22 bits per heavy atom. The zero-order valence-corrected chi connectivity index (χ0v) is 22.4. The Balaban J connectivity index is 0.00000363. The molecule has 0 aliphatic carbocycles. The first-order valence-corrected chi connectivity index (χ1v) is 12.9. The van der Waals surface area contributed by atoms with E-state index in [1.807, 2.05) is 26.0 Å². The fourth-order valence-corrected chi connectivity index (χ4v) is 4.84. The molecule has 0 saturated carbocycles. The topological polar surface area (TPSA) is 73.8 Å². The highest BCUT2D eigenvalue weighted by Crippen LogP contribution is 2.17. The third-order valence-electron chi connectivity index (χ3n) is 5.49. The lowest BCUT2D eigenvalue weighted by Gasteiger charge is -2.15. The van der Waals surface area contributed by atoms with Gasteiger partial charge in [0, 0.05) is 25.9 Å². The second-order valence-corrected chi connectivity index (χ2v) is 10.2. The summed E-state index contributed by atoms with van der Waals surface area (Å²) in [7, 11) is -3.20. The van der Waals surface area contributed by atoms with Crippen LogP contribution >= 0.6 is 24.0 Å². The van der Waals surface area contributed by atoms with E-state index in [1.54, 1.807) is 6.07 Å². The fraction of sp³-hybridized carbons (Fsp3) is 0.458. The minimum absolute atomic E-state index is 0. The van der Waals surface area contributed by atoms with Gasteiger partial charge in [-0.2, -0.15) is 0 Å². The van der Waals surface area contributed by atoms with Gasteiger partial charge in [-0.3, -0.25) is 4.90 Å². The van der Waals surface area contributed by atoms with E-state index in [2.05, 4.69) is 44.8 Å². The molecule has 0 radical (unpaired) electrons. The monoisotopic (exact) mass is 570 g/mol. The molecule has 0 atom stereocenters. The summed E-state index contributed by atoms with van der Waals surface area (Å²) in [6.45, 7) is 9.26. The van der Waals surface area contributed by atoms with Crippen LogP contribution in [0.2, 0.25) is 0 Å². The normalized spacial score (nSPS) is 14.8. The molecule has 0 bridgehead atoms. The van der Waals surface area contributed by atoms with Crippen molar-refractivity contribution in [3.05, 3.63) is 64.7 Å². The van der Waals surface area contributed by atoms with Gasteiger partial charge in [0.2, 0.25) is 0 Å². The summed E-state index contributed by atoms with van der Waals surface area (Å²) in [4.78, 5) is 7.54. The molecule has 3 rings (SSSR count). The van der Waals surface area contributed by atoms with Crippen molar-refractivity contribution in [3.8, 4) is 0 Å². The van der Waals surface area contributed by atoms with Crippen LogP contribution in [0.15, 0.2) is 52.4 Å². The Morgan fingerprint density at radius 1 is 1.00 bits per heavy atom. The summed E-state index contributed by atoms with van der Waals surface area (Å²) in [5.74, 6) is 0.744. The first-order valence-electron chi connectivity index (χ1n) is 11.0. The molecule has 32 heavy (non-hydrogen) atoms. The van der Waals surface area contributed by atoms with Crippen LogP contribution in [0.25, 0.3) is 0 Å². The number of sulfone groups is 1. The second kappa shape index (κ2) is 12.6. The minimum Gasteiger partial charge on any atom is -0.357 e. The standard InChI is InChI=1S/C24H34N4O2S.HI/c1-4-25-24(27-17-22-11-12-23(19(2)15-22)31(3,29)30)26-16-20-7-9-21(10-8-20)18-28-13-5-6-14-28;/h7-12,15H,4-6,13-14,16-18H2,1-3H3,(H2,25,26,27);1H. The summed E-state index contributed by atoms with van der Waals surface area (Å²) in [6.07, 6.45) is 3.87. The molecule has 2 aromatic rings. The second-order valence-electron chi connectivity index (χ2n) is 8.22. The van der Waals surface area contributed by atoms with Crippen molar-refractivity contribution in [2.75, 3.05) is 25.9 Å². The van der Waals surface area contributed by atoms with Gasteiger partial charge in [0.25, 0.3) is 0 Å². The van der Waals surface area contributed by atoms with E-state index >= 15 is 0 Å². The van der Waals surface area contributed by atoms with Gasteiger partial charge in [-0.25, -0.2) is 13.4 Å². The van der Waals surface area contributed by atoms with Crippen LogP contribution < -0.4 is 10.6 Å². The summed E-state index contributed by atoms with van der Waals surface area (Å²) < 4.78 is 23.6. The van der Waals surface area contributed by atoms with Crippen molar-refractivity contribution in [1.29, 1.82) is 0 Å². The molecule has 1 aliphatic rings. The predicted octanol–water partition coefficient (Wildman–Crippen LogP) is 3.87. The van der Waals surface area contributed by atoms with Gasteiger partial charge >= 0.3 is 0 Å². The van der Waals surface area contributed by atoms with Crippen molar-refractivity contribution in [1.82, 2.24) is 15.5 Å². The van der Waals surface area contributed by atoms with E-state index in [0.717, 1.165) is 30.2 Å². The SMILES string of the molecule is CCNC(=NCc1ccc(S(C)(=O)=O)c(C)c1)NCc1ccc(CN2CCCC2)cc1.I. The molecule has 0 aromatic heterocycles. The van der Waals surface area contributed by atoms with Crippen molar-refractivity contribution in [3.63, 3.8) is 0 Å². The highest BCUT2D eigenvalue weighted by molar-refractivity contribution is 14.0. The lowest BCUT2D eigenvalue weighted by molar-refractivity contribution is 0.331. The number of halogens is 1. The van der Waals surface area contributed by atoms with Gasteiger partial charge in [0.05, 0.1) is 11.4 Å². The summed E-state index contributed by atoms with van der Waals surface area (Å²) in [5.41, 5.74) is 4.30.